The summed E-state index contributed by atoms with van der Waals surface area (Å²) in [7, 11) is 0. The Balaban J connectivity index is 1.70. The molecule has 86 valence electrons. The van der Waals surface area contributed by atoms with Crippen molar-refractivity contribution < 1.29 is 9.47 Å². The minimum absolute atomic E-state index is 0.271. The minimum Gasteiger partial charge on any atom is -0.454 e. The van der Waals surface area contributed by atoms with Crippen molar-refractivity contribution in [3.8, 4) is 11.5 Å². The molecule has 0 bridgehead atoms. The van der Waals surface area contributed by atoms with Crippen LogP contribution < -0.4 is 15.0 Å². The van der Waals surface area contributed by atoms with E-state index in [9.17, 15) is 0 Å². The number of hydrogen-bond acceptors (Lipinski definition) is 6. The van der Waals surface area contributed by atoms with Crippen molar-refractivity contribution in [3.05, 3.63) is 36.4 Å². The van der Waals surface area contributed by atoms with Crippen molar-refractivity contribution in [2.75, 3.05) is 12.3 Å². The monoisotopic (exact) mass is 231 g/mol. The van der Waals surface area contributed by atoms with E-state index < -0.39 is 0 Å². The van der Waals surface area contributed by atoms with E-state index in [-0.39, 0.29) is 6.79 Å². The number of nitrogens with one attached hydrogen (secondary N) is 1. The fraction of sp³-hybridized carbons (Fsp3) is 0.100. The molecule has 2 aromatic rings. The molecule has 3 rings (SSSR count). The molecule has 0 fully saturated rings. The summed E-state index contributed by atoms with van der Waals surface area (Å²) in [5.41, 5.74) is 3.59. The average molecular weight is 231 g/mol. The molecule has 7 nitrogen and oxygen atoms in total. The Morgan fingerprint density at radius 2 is 2.29 bits per heavy atom. The molecule has 0 amide bonds. The van der Waals surface area contributed by atoms with Crippen molar-refractivity contribution in [2.45, 2.75) is 0 Å². The zero-order chi connectivity index (χ0) is 11.5. The number of rotatable bonds is 3. The van der Waals surface area contributed by atoms with Crippen LogP contribution in [0.1, 0.15) is 5.56 Å². The van der Waals surface area contributed by atoms with Gasteiger partial charge in [-0.25, -0.2) is 4.98 Å². The molecular weight excluding hydrogens is 222 g/mol. The highest BCUT2D eigenvalue weighted by molar-refractivity contribution is 5.81. The first-order chi connectivity index (χ1) is 8.42. The molecule has 0 atom stereocenters. The number of fused-ring (bicyclic) bond motifs is 1. The molecule has 1 aromatic heterocycles. The van der Waals surface area contributed by atoms with Gasteiger partial charge in [0.1, 0.15) is 12.7 Å². The van der Waals surface area contributed by atoms with Crippen LogP contribution in [-0.4, -0.2) is 27.9 Å². The lowest BCUT2D eigenvalue weighted by atomic mass is 10.2. The normalized spacial score (nSPS) is 13.2. The van der Waals surface area contributed by atoms with Gasteiger partial charge in [0.15, 0.2) is 11.5 Å². The third-order valence-corrected chi connectivity index (χ3v) is 2.19. The Hall–Kier alpha value is -2.57. The lowest BCUT2D eigenvalue weighted by Crippen LogP contribution is -2.08. The second kappa shape index (κ2) is 4.12. The van der Waals surface area contributed by atoms with E-state index >= 15 is 0 Å². The Labute approximate surface area is 96.7 Å². The molecule has 0 radical (unpaired) electrons. The number of nitrogens with zero attached hydrogens (tertiary/aromatic N) is 4. The van der Waals surface area contributed by atoms with E-state index in [1.165, 1.54) is 17.4 Å². The first kappa shape index (κ1) is 9.64. The van der Waals surface area contributed by atoms with Crippen LogP contribution in [-0.2, 0) is 0 Å². The average Bonchev–Trinajstić information content (AvgIpc) is 2.98. The van der Waals surface area contributed by atoms with Crippen molar-refractivity contribution >= 4 is 6.21 Å². The van der Waals surface area contributed by atoms with Crippen molar-refractivity contribution in [1.29, 1.82) is 0 Å². The van der Waals surface area contributed by atoms with Gasteiger partial charge < -0.3 is 9.47 Å². The molecule has 1 N–H and O–H groups in total. The molecule has 7 heteroatoms. The Bertz CT molecular complexity index is 538. The number of hydrogen-bond donors (Lipinski definition) is 1. The maximum Gasteiger partial charge on any atom is 0.231 e. The lowest BCUT2D eigenvalue weighted by molar-refractivity contribution is 0.174. The summed E-state index contributed by atoms with van der Waals surface area (Å²) < 4.78 is 10.5. The highest BCUT2D eigenvalue weighted by atomic mass is 16.7. The minimum atomic E-state index is 0.271. The first-order valence-corrected chi connectivity index (χ1v) is 4.95. The largest absolute Gasteiger partial charge is 0.454 e. The summed E-state index contributed by atoms with van der Waals surface area (Å²) >= 11 is 0. The number of benzene rings is 1. The second-order valence-electron chi connectivity index (χ2n) is 3.31. The molecule has 0 spiro atoms. The first-order valence-electron chi connectivity index (χ1n) is 4.95. The summed E-state index contributed by atoms with van der Waals surface area (Å²) in [4.78, 5) is 5.17. The summed E-state index contributed by atoms with van der Waals surface area (Å²) in [6, 6.07) is 5.59. The van der Waals surface area contributed by atoms with Crippen LogP contribution in [0.4, 0.5) is 0 Å². The van der Waals surface area contributed by atoms with Gasteiger partial charge in [-0.15, -0.1) is 9.89 Å². The van der Waals surface area contributed by atoms with Crippen LogP contribution in [0, 0.1) is 0 Å². The van der Waals surface area contributed by atoms with Crippen LogP contribution in [0.15, 0.2) is 36.0 Å². The van der Waals surface area contributed by atoms with Gasteiger partial charge >= 0.3 is 0 Å². The molecule has 0 saturated carbocycles. The van der Waals surface area contributed by atoms with E-state index in [1.54, 1.807) is 6.21 Å². The van der Waals surface area contributed by atoms with Crippen molar-refractivity contribution in [3.63, 3.8) is 0 Å². The molecule has 0 unspecified atom stereocenters. The third-order valence-electron chi connectivity index (χ3n) is 2.19. The van der Waals surface area contributed by atoms with Gasteiger partial charge in [0.2, 0.25) is 6.79 Å². The van der Waals surface area contributed by atoms with Crippen molar-refractivity contribution in [1.82, 2.24) is 14.9 Å². The van der Waals surface area contributed by atoms with Gasteiger partial charge in [0, 0.05) is 0 Å². The molecule has 1 aliphatic heterocycles. The Kier molecular flexibility index (Phi) is 2.34. The summed E-state index contributed by atoms with van der Waals surface area (Å²) in [6.07, 6.45) is 4.59. The molecule has 0 saturated heterocycles. The predicted octanol–water partition coefficient (Wildman–Crippen LogP) is 0.584. The maximum atomic E-state index is 5.26. The summed E-state index contributed by atoms with van der Waals surface area (Å²) in [5.74, 6) is 1.49. The van der Waals surface area contributed by atoms with Crippen LogP contribution in [0.2, 0.25) is 0 Å². The van der Waals surface area contributed by atoms with E-state index in [0.717, 1.165) is 17.1 Å². The van der Waals surface area contributed by atoms with Gasteiger partial charge in [-0.1, -0.05) is 0 Å². The number of ether oxygens (including phenoxy) is 2. The topological polar surface area (TPSA) is 73.6 Å². The quantitative estimate of drug-likeness (QED) is 0.618. The van der Waals surface area contributed by atoms with Crippen LogP contribution in [0.3, 0.4) is 0 Å². The Morgan fingerprint density at radius 3 is 3.18 bits per heavy atom. The van der Waals surface area contributed by atoms with E-state index in [1.807, 2.05) is 18.2 Å². The predicted molar refractivity (Wildman–Crippen MR) is 59.5 cm³/mol. The molecule has 1 aromatic carbocycles. The third kappa shape index (κ3) is 2.03. The molecule has 2 heterocycles. The van der Waals surface area contributed by atoms with Crippen LogP contribution in [0.25, 0.3) is 0 Å². The molecule has 0 aliphatic carbocycles. The molecular formula is C10H9N5O2. The van der Waals surface area contributed by atoms with Gasteiger partial charge in [-0.05, 0) is 23.8 Å². The second-order valence-corrected chi connectivity index (χ2v) is 3.31. The maximum absolute atomic E-state index is 5.26. The highest BCUT2D eigenvalue weighted by Gasteiger charge is 2.12. The smallest absolute Gasteiger partial charge is 0.231 e. The zero-order valence-electron chi connectivity index (χ0n) is 8.78. The standard InChI is InChI=1S/C10H9N5O2/c1-2-9-10(17-7-16-9)3-8(1)4-12-14-15-6-11-5-13-15/h1-6,14H,7H2. The van der Waals surface area contributed by atoms with E-state index in [4.69, 9.17) is 9.47 Å². The van der Waals surface area contributed by atoms with Gasteiger partial charge in [0.05, 0.1) is 6.21 Å². The van der Waals surface area contributed by atoms with E-state index in [2.05, 4.69) is 20.7 Å². The number of aromatic nitrogens is 3. The SMILES string of the molecule is C(=NNn1cncn1)c1ccc2c(c1)OCO2. The highest BCUT2D eigenvalue weighted by Crippen LogP contribution is 2.31. The van der Waals surface area contributed by atoms with E-state index in [0.29, 0.717) is 0 Å². The summed E-state index contributed by atoms with van der Waals surface area (Å²) in [6.45, 7) is 0.271. The fourth-order valence-electron chi connectivity index (χ4n) is 1.42. The van der Waals surface area contributed by atoms with Gasteiger partial charge in [-0.2, -0.15) is 10.6 Å². The Morgan fingerprint density at radius 1 is 1.35 bits per heavy atom. The molecule has 17 heavy (non-hydrogen) atoms. The van der Waals surface area contributed by atoms with Crippen molar-refractivity contribution in [2.24, 2.45) is 5.10 Å². The van der Waals surface area contributed by atoms with Gasteiger partial charge in [-0.3, -0.25) is 0 Å². The van der Waals surface area contributed by atoms with Gasteiger partial charge in [0.25, 0.3) is 0 Å². The fourth-order valence-corrected chi connectivity index (χ4v) is 1.42. The number of hydrazone groups is 1. The molecule has 1 aliphatic rings. The zero-order valence-corrected chi connectivity index (χ0v) is 8.78. The summed E-state index contributed by atoms with van der Waals surface area (Å²) in [5, 5.41) is 7.84. The van der Waals surface area contributed by atoms with Crippen LogP contribution in [0.5, 0.6) is 11.5 Å². The van der Waals surface area contributed by atoms with Crippen LogP contribution >= 0.6 is 0 Å². The lowest BCUT2D eigenvalue weighted by Gasteiger charge is -1.98.